The Morgan fingerprint density at radius 3 is 2.61 bits per heavy atom. The van der Waals surface area contributed by atoms with Crippen LogP contribution in [0.15, 0.2) is 24.3 Å². The van der Waals surface area contributed by atoms with E-state index in [0.717, 1.165) is 5.56 Å². The molecule has 5 heteroatoms. The molecule has 1 rings (SSSR count). The van der Waals surface area contributed by atoms with Gasteiger partial charge in [-0.2, -0.15) is 0 Å². The molecule has 1 amide bonds. The summed E-state index contributed by atoms with van der Waals surface area (Å²) in [5.41, 5.74) is 6.05. The van der Waals surface area contributed by atoms with Gasteiger partial charge in [-0.05, 0) is 31.5 Å². The number of carbonyl (C=O) groups excluding carboxylic acids is 1. The summed E-state index contributed by atoms with van der Waals surface area (Å²) >= 11 is 0. The molecule has 1 aromatic rings. The van der Waals surface area contributed by atoms with Crippen LogP contribution in [0.1, 0.15) is 19.4 Å². The van der Waals surface area contributed by atoms with E-state index in [4.69, 9.17) is 10.8 Å². The van der Waals surface area contributed by atoms with E-state index in [1.165, 1.54) is 0 Å². The quantitative estimate of drug-likeness (QED) is 0.681. The zero-order chi connectivity index (χ0) is 13.8. The Bertz CT molecular complexity index is 455. The van der Waals surface area contributed by atoms with Gasteiger partial charge in [-0.25, -0.2) is 0 Å². The van der Waals surface area contributed by atoms with Crippen molar-refractivity contribution in [2.24, 2.45) is 5.41 Å². The van der Waals surface area contributed by atoms with E-state index in [1.54, 1.807) is 38.1 Å². The molecule has 0 atom stereocenters. The van der Waals surface area contributed by atoms with Crippen molar-refractivity contribution in [1.29, 1.82) is 0 Å². The first-order chi connectivity index (χ1) is 8.31. The number of nitrogens with one attached hydrogen (secondary N) is 1. The summed E-state index contributed by atoms with van der Waals surface area (Å²) in [4.78, 5) is 22.5. The van der Waals surface area contributed by atoms with E-state index >= 15 is 0 Å². The lowest BCUT2D eigenvalue weighted by Gasteiger charge is -2.19. The number of carboxylic acid groups (broad SMARTS) is 1. The highest BCUT2D eigenvalue weighted by Crippen LogP contribution is 2.13. The van der Waals surface area contributed by atoms with Gasteiger partial charge >= 0.3 is 5.97 Å². The number of carboxylic acids is 1. The van der Waals surface area contributed by atoms with Gasteiger partial charge in [0.1, 0.15) is 0 Å². The molecule has 1 aromatic carbocycles. The second-order valence-corrected chi connectivity index (χ2v) is 4.89. The molecule has 5 nitrogen and oxygen atoms in total. The van der Waals surface area contributed by atoms with Crippen LogP contribution < -0.4 is 11.1 Å². The van der Waals surface area contributed by atoms with Crippen LogP contribution in [0.2, 0.25) is 0 Å². The van der Waals surface area contributed by atoms with E-state index in [9.17, 15) is 9.59 Å². The monoisotopic (exact) mass is 250 g/mol. The molecule has 0 radical (unpaired) electrons. The smallest absolute Gasteiger partial charge is 0.310 e. The molecular formula is C13H18N2O3. The van der Waals surface area contributed by atoms with Crippen molar-refractivity contribution in [1.82, 2.24) is 5.32 Å². The fraction of sp³-hybridized carbons (Fsp3) is 0.385. The Balaban J connectivity index is 2.50. The summed E-state index contributed by atoms with van der Waals surface area (Å²) in [6.07, 6.45) is 0.195. The van der Waals surface area contributed by atoms with Gasteiger partial charge in [-0.1, -0.05) is 12.1 Å². The van der Waals surface area contributed by atoms with Crippen molar-refractivity contribution in [3.05, 3.63) is 29.8 Å². The average molecular weight is 250 g/mol. The minimum absolute atomic E-state index is 0.101. The number of amides is 1. The van der Waals surface area contributed by atoms with Crippen LogP contribution in [0, 0.1) is 5.41 Å². The molecule has 4 N–H and O–H groups in total. The van der Waals surface area contributed by atoms with Crippen LogP contribution in [0.25, 0.3) is 0 Å². The summed E-state index contributed by atoms with van der Waals surface area (Å²) in [5.74, 6) is -1.15. The molecule has 0 heterocycles. The zero-order valence-corrected chi connectivity index (χ0v) is 10.6. The molecule has 0 aliphatic heterocycles. The minimum atomic E-state index is -0.967. The predicted octanol–water partition coefficient (Wildman–Crippen LogP) is 1.04. The number of rotatable bonds is 5. The Morgan fingerprint density at radius 2 is 2.06 bits per heavy atom. The van der Waals surface area contributed by atoms with Crippen molar-refractivity contribution in [3.63, 3.8) is 0 Å². The fourth-order valence-electron chi connectivity index (χ4n) is 1.35. The Morgan fingerprint density at radius 1 is 1.39 bits per heavy atom. The topological polar surface area (TPSA) is 92.4 Å². The molecule has 0 fully saturated rings. The SMILES string of the molecule is CC(C)(CNC(=O)Cc1cccc(N)c1)C(=O)O. The lowest BCUT2D eigenvalue weighted by Crippen LogP contribution is -2.39. The molecule has 0 spiro atoms. The Labute approximate surface area is 106 Å². The number of aliphatic carboxylic acids is 1. The third-order valence-electron chi connectivity index (χ3n) is 2.62. The number of anilines is 1. The molecular weight excluding hydrogens is 232 g/mol. The first-order valence-electron chi connectivity index (χ1n) is 5.66. The largest absolute Gasteiger partial charge is 0.481 e. The van der Waals surface area contributed by atoms with Crippen LogP contribution in [-0.4, -0.2) is 23.5 Å². The molecule has 0 bridgehead atoms. The van der Waals surface area contributed by atoms with Gasteiger partial charge in [0.2, 0.25) is 5.91 Å². The maximum absolute atomic E-state index is 11.6. The summed E-state index contributed by atoms with van der Waals surface area (Å²) in [6.45, 7) is 3.23. The number of hydrogen-bond donors (Lipinski definition) is 3. The zero-order valence-electron chi connectivity index (χ0n) is 10.6. The van der Waals surface area contributed by atoms with Gasteiger partial charge in [0.25, 0.3) is 0 Å². The van der Waals surface area contributed by atoms with Gasteiger partial charge in [-0.3, -0.25) is 9.59 Å². The van der Waals surface area contributed by atoms with Gasteiger partial charge in [0.05, 0.1) is 11.8 Å². The Hall–Kier alpha value is -2.04. The fourth-order valence-corrected chi connectivity index (χ4v) is 1.35. The molecule has 98 valence electrons. The number of carbonyl (C=O) groups is 2. The summed E-state index contributed by atoms with van der Waals surface area (Å²) in [5, 5.41) is 11.5. The second kappa shape index (κ2) is 5.53. The third-order valence-corrected chi connectivity index (χ3v) is 2.62. The summed E-state index contributed by atoms with van der Waals surface area (Å²) in [7, 11) is 0. The highest BCUT2D eigenvalue weighted by molar-refractivity contribution is 5.80. The predicted molar refractivity (Wildman–Crippen MR) is 69.0 cm³/mol. The molecule has 0 saturated heterocycles. The molecule has 0 aliphatic carbocycles. The number of nitrogen functional groups attached to an aromatic ring is 1. The maximum Gasteiger partial charge on any atom is 0.310 e. The highest BCUT2D eigenvalue weighted by atomic mass is 16.4. The minimum Gasteiger partial charge on any atom is -0.481 e. The first-order valence-corrected chi connectivity index (χ1v) is 5.66. The molecule has 18 heavy (non-hydrogen) atoms. The second-order valence-electron chi connectivity index (χ2n) is 4.89. The summed E-state index contributed by atoms with van der Waals surface area (Å²) in [6, 6.07) is 7.05. The lowest BCUT2D eigenvalue weighted by molar-refractivity contribution is -0.146. The van der Waals surface area contributed by atoms with Crippen molar-refractivity contribution < 1.29 is 14.7 Å². The van der Waals surface area contributed by atoms with E-state index in [-0.39, 0.29) is 18.9 Å². The van der Waals surface area contributed by atoms with E-state index in [2.05, 4.69) is 5.32 Å². The van der Waals surface area contributed by atoms with Gasteiger partial charge < -0.3 is 16.2 Å². The van der Waals surface area contributed by atoms with Crippen molar-refractivity contribution >= 4 is 17.6 Å². The van der Waals surface area contributed by atoms with E-state index < -0.39 is 11.4 Å². The van der Waals surface area contributed by atoms with Crippen molar-refractivity contribution in [2.45, 2.75) is 20.3 Å². The maximum atomic E-state index is 11.6. The molecule has 0 saturated carbocycles. The van der Waals surface area contributed by atoms with Crippen LogP contribution >= 0.6 is 0 Å². The van der Waals surface area contributed by atoms with E-state index in [1.807, 2.05) is 0 Å². The standard InChI is InChI=1S/C13H18N2O3/c1-13(2,12(17)18)8-15-11(16)7-9-4-3-5-10(14)6-9/h3-6H,7-8,14H2,1-2H3,(H,15,16)(H,17,18). The average Bonchev–Trinajstić information content (AvgIpc) is 2.26. The number of hydrogen-bond acceptors (Lipinski definition) is 3. The number of benzene rings is 1. The van der Waals surface area contributed by atoms with Crippen molar-refractivity contribution in [3.8, 4) is 0 Å². The molecule has 0 unspecified atom stereocenters. The van der Waals surface area contributed by atoms with Gasteiger partial charge in [-0.15, -0.1) is 0 Å². The summed E-state index contributed by atoms with van der Waals surface area (Å²) < 4.78 is 0. The van der Waals surface area contributed by atoms with Crippen LogP contribution in [0.5, 0.6) is 0 Å². The normalized spacial score (nSPS) is 11.0. The van der Waals surface area contributed by atoms with Crippen LogP contribution in [-0.2, 0) is 16.0 Å². The van der Waals surface area contributed by atoms with Crippen LogP contribution in [0.4, 0.5) is 5.69 Å². The molecule has 0 aliphatic rings. The number of nitrogens with two attached hydrogens (primary N) is 1. The molecule has 0 aromatic heterocycles. The lowest BCUT2D eigenvalue weighted by atomic mass is 9.94. The van der Waals surface area contributed by atoms with E-state index in [0.29, 0.717) is 5.69 Å². The third kappa shape index (κ3) is 4.08. The first kappa shape index (κ1) is 14.0. The van der Waals surface area contributed by atoms with Gasteiger partial charge in [0.15, 0.2) is 0 Å². The van der Waals surface area contributed by atoms with Crippen LogP contribution in [0.3, 0.4) is 0 Å². The Kier molecular flexibility index (Phi) is 4.31. The van der Waals surface area contributed by atoms with Gasteiger partial charge in [0, 0.05) is 12.2 Å². The highest BCUT2D eigenvalue weighted by Gasteiger charge is 2.27. The van der Waals surface area contributed by atoms with Crippen molar-refractivity contribution in [2.75, 3.05) is 12.3 Å².